The van der Waals surface area contributed by atoms with Gasteiger partial charge in [0, 0.05) is 70.7 Å². The molecule has 0 atom stereocenters. The van der Waals surface area contributed by atoms with Crippen LogP contribution in [0.15, 0.2) is 149 Å². The monoisotopic (exact) mass is 789 g/mol. The van der Waals surface area contributed by atoms with E-state index in [2.05, 4.69) is 0 Å². The van der Waals surface area contributed by atoms with Gasteiger partial charge in [0.25, 0.3) is 5.78 Å². The summed E-state index contributed by atoms with van der Waals surface area (Å²) in [4.78, 5) is 23.7. The summed E-state index contributed by atoms with van der Waals surface area (Å²) in [7, 11) is -2.78. The maximum absolute atomic E-state index is 13.8. The number of alkyl halides is 3. The number of hydrogen-bond donors (Lipinski definition) is 1. The number of benzene rings is 6. The first-order valence-electron chi connectivity index (χ1n) is 14.1. The molecule has 1 N–H and O–H groups in total. The van der Waals surface area contributed by atoms with Crippen LogP contribution in [0.5, 0.6) is 5.75 Å². The quantitative estimate of drug-likeness (QED) is 0.0850. The van der Waals surface area contributed by atoms with Gasteiger partial charge in [-0.3, -0.25) is 4.79 Å². The molecule has 1 heterocycles. The third kappa shape index (κ3) is 6.50. The smallest absolute Gasteiger partial charge is 0.455 e. The summed E-state index contributed by atoms with van der Waals surface area (Å²) in [6.07, 6.45) is -5.31. The van der Waals surface area contributed by atoms with E-state index in [1.54, 1.807) is 48.5 Å². The molecule has 7 rings (SSSR count). The molecule has 47 heavy (non-hydrogen) atoms. The van der Waals surface area contributed by atoms with Crippen molar-refractivity contribution in [3.8, 4) is 5.75 Å². The Labute approximate surface area is 307 Å². The first-order chi connectivity index (χ1) is 22.1. The average molecular weight is 789 g/mol. The molecule has 0 aliphatic heterocycles. The van der Waals surface area contributed by atoms with Crippen LogP contribution in [-0.2, 0) is 4.57 Å². The van der Waals surface area contributed by atoms with Crippen molar-refractivity contribution in [1.82, 2.24) is 0 Å². The number of Topliss-reactive ketones (excluding diaryl/α,β-unsaturated/α-hetero) is 1. The summed E-state index contributed by atoms with van der Waals surface area (Å²) in [6, 6.07) is 42.6. The van der Waals surface area contributed by atoms with Crippen LogP contribution < -0.4 is 21.5 Å². The van der Waals surface area contributed by atoms with Crippen molar-refractivity contribution >= 4 is 61.4 Å². The van der Waals surface area contributed by atoms with Crippen LogP contribution in [0.4, 0.5) is 13.2 Å². The first kappa shape index (κ1) is 34.5. The van der Waals surface area contributed by atoms with Crippen LogP contribution in [0.2, 0.25) is 0 Å². The van der Waals surface area contributed by atoms with Crippen LogP contribution in [0.1, 0.15) is 10.4 Å². The molecule has 5 nitrogen and oxygen atoms in total. The predicted octanol–water partition coefficient (Wildman–Crippen LogP) is 7.88. The zero-order valence-electron chi connectivity index (χ0n) is 24.3. The zero-order valence-corrected chi connectivity index (χ0v) is 27.6. The second-order valence-electron chi connectivity index (χ2n) is 10.4. The molecule has 0 spiro atoms. The van der Waals surface area contributed by atoms with E-state index in [0.29, 0.717) is 21.5 Å². The number of halogens is 3. The summed E-state index contributed by atoms with van der Waals surface area (Å²) in [5, 5.41) is 15.1. The molecular formula is C37H24EuF3O5P. The third-order valence-electron chi connectivity index (χ3n) is 7.60. The number of hydrogen-bond acceptors (Lipinski definition) is 5. The molecule has 0 aliphatic rings. The molecule has 6 aromatic carbocycles. The number of carbonyl (C=O) groups is 1. The maximum atomic E-state index is 13.8. The van der Waals surface area contributed by atoms with Crippen LogP contribution in [0, 0.1) is 49.4 Å². The second-order valence-corrected chi connectivity index (χ2v) is 13.1. The van der Waals surface area contributed by atoms with E-state index in [-0.39, 0.29) is 60.3 Å². The van der Waals surface area contributed by atoms with E-state index in [4.69, 9.17) is 4.42 Å². The van der Waals surface area contributed by atoms with E-state index in [1.807, 2.05) is 91.0 Å². The van der Waals surface area contributed by atoms with Crippen LogP contribution in [0.3, 0.4) is 0 Å². The second kappa shape index (κ2) is 14.1. The summed E-state index contributed by atoms with van der Waals surface area (Å²) in [6.45, 7) is 0. The van der Waals surface area contributed by atoms with Gasteiger partial charge in [-0.1, -0.05) is 140 Å². The maximum Gasteiger partial charge on any atom is 0.455 e. The van der Waals surface area contributed by atoms with Gasteiger partial charge in [-0.25, -0.2) is 4.79 Å². The minimum absolute atomic E-state index is 0. The molecular weight excluding hydrogens is 764 g/mol. The number of aromatic hydroxyl groups is 1. The molecule has 7 aromatic rings. The number of rotatable bonds is 4. The van der Waals surface area contributed by atoms with Gasteiger partial charge in [0.2, 0.25) is 0 Å². The Bertz CT molecular complexity index is 2220. The molecule has 0 aliphatic carbocycles. The van der Waals surface area contributed by atoms with E-state index >= 15 is 0 Å². The molecule has 10 heteroatoms. The van der Waals surface area contributed by atoms with Gasteiger partial charge in [0.15, 0.2) is 18.3 Å². The van der Waals surface area contributed by atoms with E-state index < -0.39 is 36.0 Å². The van der Waals surface area contributed by atoms with Crippen molar-refractivity contribution in [1.29, 1.82) is 0 Å². The van der Waals surface area contributed by atoms with Crippen LogP contribution in [0.25, 0.3) is 32.5 Å². The van der Waals surface area contributed by atoms with E-state index in [1.165, 1.54) is 0 Å². The molecule has 0 fully saturated rings. The Hall–Kier alpha value is -3.88. The minimum atomic E-state index is -5.31. The molecule has 0 saturated carbocycles. The van der Waals surface area contributed by atoms with Crippen LogP contribution in [-0.4, -0.2) is 17.1 Å². The van der Waals surface area contributed by atoms with Crippen molar-refractivity contribution in [2.75, 3.05) is 0 Å². The molecule has 0 bridgehead atoms. The van der Waals surface area contributed by atoms with Gasteiger partial charge in [0.1, 0.15) is 5.75 Å². The van der Waals surface area contributed by atoms with E-state index in [0.717, 1.165) is 15.9 Å². The van der Waals surface area contributed by atoms with Crippen LogP contribution >= 0.6 is 7.14 Å². The van der Waals surface area contributed by atoms with Gasteiger partial charge >= 0.3 is 11.8 Å². The standard InChI is InChI=1S/C19H9F3O4.C18H15OP.Eu/c20-19(21,22)17(24)14-15(23)13-11-7-3-1-5-9(11)10-6-2-4-8-12(10)16(13)26-18(14)25;19-20(16-10-4-1-5-11-16,17-12-6-2-7-13-17)18-14-8-3-9-15-18;/h1-8,23H;1-15H;. The number of carbonyl (C=O) groups excluding carboxylic acids is 1. The third-order valence-corrected chi connectivity index (χ3v) is 10.7. The Morgan fingerprint density at radius 1 is 0.596 bits per heavy atom. The van der Waals surface area contributed by atoms with E-state index in [9.17, 15) is 32.4 Å². The average Bonchev–Trinajstić information content (AvgIpc) is 3.09. The zero-order chi connectivity index (χ0) is 32.5. The van der Waals surface area contributed by atoms with Gasteiger partial charge in [-0.05, 0) is 16.2 Å². The van der Waals surface area contributed by atoms with Gasteiger partial charge in [0.05, 0.1) is 5.39 Å². The predicted molar refractivity (Wildman–Crippen MR) is 175 cm³/mol. The Morgan fingerprint density at radius 2 is 0.957 bits per heavy atom. The molecule has 1 aromatic heterocycles. The number of fused-ring (bicyclic) bond motifs is 6. The minimum Gasteiger partial charge on any atom is -0.506 e. The Morgan fingerprint density at radius 3 is 1.38 bits per heavy atom. The SMILES string of the molecule is O=C(c1c(O)c2c3ccccc3c3ccccc3c2oc1=O)C(F)(F)F.O=P(c1ccccc1)(c1ccccc1)c1ccccc1.[Eu]. The summed E-state index contributed by atoms with van der Waals surface area (Å²) >= 11 is 0. The largest absolute Gasteiger partial charge is 0.506 e. The van der Waals surface area contributed by atoms with Crippen molar-refractivity contribution in [3.05, 3.63) is 156 Å². The molecule has 0 unspecified atom stereocenters. The Kier molecular flexibility index (Phi) is 10.3. The fraction of sp³-hybridized carbons (Fsp3) is 0.0270. The topological polar surface area (TPSA) is 84.6 Å². The normalized spacial score (nSPS) is 11.5. The molecule has 0 amide bonds. The van der Waals surface area contributed by atoms with Crippen molar-refractivity contribution < 1.29 is 81.4 Å². The molecule has 1 radical (unpaired) electrons. The molecule has 0 saturated heterocycles. The van der Waals surface area contributed by atoms with Crippen molar-refractivity contribution in [3.63, 3.8) is 0 Å². The Balaban J connectivity index is 0.000000187. The summed E-state index contributed by atoms with van der Waals surface area (Å²) < 4.78 is 57.4. The van der Waals surface area contributed by atoms with Gasteiger partial charge < -0.3 is 14.1 Å². The fourth-order valence-electron chi connectivity index (χ4n) is 5.52. The first-order valence-corrected chi connectivity index (χ1v) is 15.8. The summed E-state index contributed by atoms with van der Waals surface area (Å²) in [5.74, 6) is -3.47. The van der Waals surface area contributed by atoms with Crippen molar-refractivity contribution in [2.24, 2.45) is 0 Å². The van der Waals surface area contributed by atoms with Gasteiger partial charge in [-0.2, -0.15) is 13.2 Å². The number of ketones is 1. The summed E-state index contributed by atoms with van der Waals surface area (Å²) in [5.41, 5.74) is -3.01. The fourth-order valence-corrected chi connectivity index (χ4v) is 8.19. The molecule has 235 valence electrons. The van der Waals surface area contributed by atoms with Crippen molar-refractivity contribution in [2.45, 2.75) is 6.18 Å². The van der Waals surface area contributed by atoms with Gasteiger partial charge in [-0.15, -0.1) is 0 Å².